The van der Waals surface area contributed by atoms with Crippen molar-refractivity contribution < 1.29 is 48.9 Å². The molecule has 0 spiro atoms. The lowest BCUT2D eigenvalue weighted by Crippen LogP contribution is -2.51. The van der Waals surface area contributed by atoms with Crippen LogP contribution in [0.2, 0.25) is 0 Å². The summed E-state index contributed by atoms with van der Waals surface area (Å²) < 4.78 is 0. The van der Waals surface area contributed by atoms with Crippen LogP contribution in [0.1, 0.15) is 12.8 Å². The average Bonchev–Trinajstić information content (AvgIpc) is 3.06. The zero-order valence-electron chi connectivity index (χ0n) is 19.2. The van der Waals surface area contributed by atoms with Gasteiger partial charge >= 0.3 is 5.97 Å². The van der Waals surface area contributed by atoms with Crippen LogP contribution in [-0.4, -0.2) is 139 Å². The lowest BCUT2D eigenvalue weighted by molar-refractivity contribution is -0.308. The number of hydrogen-bond acceptors (Lipinski definition) is 14. The number of aliphatic carboxylic acids is 3. The minimum absolute atomic E-state index is 0.0544. The highest BCUT2D eigenvalue weighted by molar-refractivity contribution is 6.01. The summed E-state index contributed by atoms with van der Waals surface area (Å²) >= 11 is 0. The lowest BCUT2D eigenvalue weighted by Gasteiger charge is -2.34. The van der Waals surface area contributed by atoms with Crippen molar-refractivity contribution >= 4 is 35.7 Å². The van der Waals surface area contributed by atoms with Crippen molar-refractivity contribution in [2.75, 3.05) is 78.5 Å². The largest absolute Gasteiger partial charge is 0.549 e. The molecule has 0 aliphatic carbocycles. The van der Waals surface area contributed by atoms with Gasteiger partial charge in [-0.1, -0.05) is 0 Å². The Hall–Kier alpha value is -3.14. The molecule has 0 unspecified atom stereocenters. The van der Waals surface area contributed by atoms with Gasteiger partial charge in [0.05, 0.1) is 24.5 Å². The molecule has 2 aliphatic rings. The van der Waals surface area contributed by atoms with Gasteiger partial charge in [0.25, 0.3) is 11.8 Å². The van der Waals surface area contributed by atoms with E-state index in [1.165, 1.54) is 14.7 Å². The molecular weight excluding hydrogens is 470 g/mol. The SMILES string of the molecule is O=C([O-])CN1CCN(CC(=O)[O-])CCN(CC(=O)ON2C(=O)CCC2=O)CCN(CC(=O)[O-])CC1. The van der Waals surface area contributed by atoms with Crippen molar-refractivity contribution in [3.8, 4) is 0 Å². The Labute approximate surface area is 201 Å². The Balaban J connectivity index is 2.11. The maximum Gasteiger partial charge on any atom is 0.347 e. The summed E-state index contributed by atoms with van der Waals surface area (Å²) in [5, 5.41) is 33.8. The quantitative estimate of drug-likeness (QED) is 0.272. The molecule has 2 heterocycles. The molecule has 0 atom stereocenters. The lowest BCUT2D eigenvalue weighted by atomic mass is 10.3. The third-order valence-electron chi connectivity index (χ3n) is 5.54. The number of carboxylic acids is 3. The maximum absolute atomic E-state index is 12.4. The summed E-state index contributed by atoms with van der Waals surface area (Å²) in [6, 6.07) is 0. The minimum Gasteiger partial charge on any atom is -0.549 e. The molecule has 0 bridgehead atoms. The van der Waals surface area contributed by atoms with Crippen molar-refractivity contribution in [3.05, 3.63) is 0 Å². The molecular formula is C20H28N5O10-3. The maximum atomic E-state index is 12.4. The van der Waals surface area contributed by atoms with E-state index >= 15 is 0 Å². The molecule has 2 rings (SSSR count). The summed E-state index contributed by atoms with van der Waals surface area (Å²) in [6.07, 6.45) is -0.109. The zero-order valence-corrected chi connectivity index (χ0v) is 19.2. The molecule has 0 aromatic heterocycles. The zero-order chi connectivity index (χ0) is 26.0. The third kappa shape index (κ3) is 10.3. The Kier molecular flexibility index (Phi) is 11.0. The smallest absolute Gasteiger partial charge is 0.347 e. The van der Waals surface area contributed by atoms with Crippen LogP contribution in [0.15, 0.2) is 0 Å². The van der Waals surface area contributed by atoms with Gasteiger partial charge in [0.1, 0.15) is 0 Å². The van der Waals surface area contributed by atoms with E-state index in [0.717, 1.165) is 0 Å². The van der Waals surface area contributed by atoms with Gasteiger partial charge < -0.3 is 34.5 Å². The van der Waals surface area contributed by atoms with Crippen molar-refractivity contribution in [1.82, 2.24) is 24.7 Å². The van der Waals surface area contributed by atoms with Crippen molar-refractivity contribution in [2.24, 2.45) is 0 Å². The van der Waals surface area contributed by atoms with Crippen LogP contribution in [-0.2, 0) is 33.6 Å². The van der Waals surface area contributed by atoms with Gasteiger partial charge in [0.2, 0.25) is 0 Å². The van der Waals surface area contributed by atoms with Gasteiger partial charge in [-0.05, 0) is 0 Å². The highest BCUT2D eigenvalue weighted by atomic mass is 16.7. The van der Waals surface area contributed by atoms with Gasteiger partial charge in [-0.2, -0.15) is 0 Å². The number of hydrogen-bond donors (Lipinski definition) is 0. The molecule has 35 heavy (non-hydrogen) atoms. The van der Waals surface area contributed by atoms with E-state index in [4.69, 9.17) is 4.84 Å². The second kappa shape index (κ2) is 13.7. The van der Waals surface area contributed by atoms with Crippen LogP contribution in [0.25, 0.3) is 0 Å². The van der Waals surface area contributed by atoms with Gasteiger partial charge in [-0.15, -0.1) is 5.06 Å². The van der Waals surface area contributed by atoms with Crippen LogP contribution in [0.3, 0.4) is 0 Å². The van der Waals surface area contributed by atoms with E-state index in [-0.39, 0.29) is 71.7 Å². The van der Waals surface area contributed by atoms with Crippen molar-refractivity contribution in [1.29, 1.82) is 0 Å². The van der Waals surface area contributed by atoms with E-state index in [1.54, 1.807) is 4.90 Å². The van der Waals surface area contributed by atoms with Crippen molar-refractivity contribution in [2.45, 2.75) is 12.8 Å². The van der Waals surface area contributed by atoms with Gasteiger partial charge in [-0.25, -0.2) is 4.79 Å². The summed E-state index contributed by atoms with van der Waals surface area (Å²) in [7, 11) is 0. The van der Waals surface area contributed by atoms with Crippen LogP contribution in [0.5, 0.6) is 0 Å². The second-order valence-electron chi connectivity index (χ2n) is 8.27. The van der Waals surface area contributed by atoms with E-state index in [2.05, 4.69) is 0 Å². The summed E-state index contributed by atoms with van der Waals surface area (Å²) in [5.74, 6) is -6.12. The second-order valence-corrected chi connectivity index (χ2v) is 8.27. The Morgan fingerprint density at radius 1 is 0.571 bits per heavy atom. The fourth-order valence-corrected chi connectivity index (χ4v) is 3.73. The molecule has 0 N–H and O–H groups in total. The normalized spacial score (nSPS) is 20.3. The molecule has 15 nitrogen and oxygen atoms in total. The van der Waals surface area contributed by atoms with E-state index < -0.39 is 55.3 Å². The number of nitrogens with zero attached hydrogens (tertiary/aromatic N) is 5. The molecule has 2 amide bonds. The highest BCUT2D eigenvalue weighted by Gasteiger charge is 2.33. The molecule has 0 radical (unpaired) electrons. The van der Waals surface area contributed by atoms with Crippen molar-refractivity contribution in [3.63, 3.8) is 0 Å². The monoisotopic (exact) mass is 498 g/mol. The van der Waals surface area contributed by atoms with Gasteiger partial charge in [0, 0.05) is 84.8 Å². The molecule has 2 fully saturated rings. The predicted octanol–water partition coefficient (Wildman–Crippen LogP) is -6.94. The fourth-order valence-electron chi connectivity index (χ4n) is 3.73. The first-order chi connectivity index (χ1) is 16.5. The predicted molar refractivity (Wildman–Crippen MR) is 108 cm³/mol. The molecule has 0 saturated carbocycles. The average molecular weight is 498 g/mol. The van der Waals surface area contributed by atoms with Crippen LogP contribution < -0.4 is 15.3 Å². The van der Waals surface area contributed by atoms with Gasteiger partial charge in [-0.3, -0.25) is 29.2 Å². The van der Waals surface area contributed by atoms with E-state index in [9.17, 15) is 44.1 Å². The van der Waals surface area contributed by atoms with Crippen LogP contribution >= 0.6 is 0 Å². The highest BCUT2D eigenvalue weighted by Crippen LogP contribution is 2.12. The molecule has 0 aromatic carbocycles. The number of amides is 2. The number of hydroxylamine groups is 2. The number of rotatable bonds is 9. The summed E-state index contributed by atoms with van der Waals surface area (Å²) in [4.78, 5) is 80.2. The Morgan fingerprint density at radius 2 is 0.857 bits per heavy atom. The standard InChI is InChI=1S/C20H31N5O10/c26-15-1-2-16(27)25(15)35-20(34)14-24-9-7-22(12-18(30)31)5-3-21(11-17(28)29)4-6-23(8-10-24)13-19(32)33/h1-14H2,(H,28,29)(H,30,31)(H,32,33)/p-3. The summed E-state index contributed by atoms with van der Waals surface area (Å²) in [6.45, 7) is -0.317. The number of carbonyl (C=O) groups is 6. The minimum atomic E-state index is -1.33. The molecule has 2 saturated heterocycles. The Bertz CT molecular complexity index is 774. The Morgan fingerprint density at radius 3 is 1.14 bits per heavy atom. The first-order valence-electron chi connectivity index (χ1n) is 11.1. The first kappa shape index (κ1) is 28.1. The number of carbonyl (C=O) groups excluding carboxylic acids is 6. The topological polar surface area (TPSA) is 197 Å². The molecule has 0 aromatic rings. The molecule has 196 valence electrons. The number of imide groups is 1. The van der Waals surface area contributed by atoms with E-state index in [1.807, 2.05) is 0 Å². The summed E-state index contributed by atoms with van der Waals surface area (Å²) in [5.41, 5.74) is 0. The van der Waals surface area contributed by atoms with Crippen LogP contribution in [0, 0.1) is 0 Å². The fraction of sp³-hybridized carbons (Fsp3) is 0.700. The molecule has 15 heteroatoms. The first-order valence-corrected chi connectivity index (χ1v) is 11.1. The van der Waals surface area contributed by atoms with Gasteiger partial charge in [0.15, 0.2) is 0 Å². The third-order valence-corrected chi connectivity index (χ3v) is 5.54. The molecule has 2 aliphatic heterocycles. The number of carboxylic acid groups (broad SMARTS) is 3. The van der Waals surface area contributed by atoms with Crippen LogP contribution in [0.4, 0.5) is 0 Å². The van der Waals surface area contributed by atoms with E-state index in [0.29, 0.717) is 5.06 Å².